The number of para-hydroxylation sites is 1. The molecule has 0 saturated carbocycles. The van der Waals surface area contributed by atoms with Crippen LogP contribution in [0.1, 0.15) is 18.9 Å². The second-order valence-electron chi connectivity index (χ2n) is 7.83. The first-order valence-corrected chi connectivity index (χ1v) is 12.1. The molecule has 4 unspecified atom stereocenters. The van der Waals surface area contributed by atoms with E-state index in [0.717, 1.165) is 16.5 Å². The number of rotatable bonds is 13. The molecule has 0 spiro atoms. The van der Waals surface area contributed by atoms with Gasteiger partial charge in [0.15, 0.2) is 0 Å². The Morgan fingerprint density at radius 3 is 2.38 bits per heavy atom. The van der Waals surface area contributed by atoms with E-state index >= 15 is 0 Å². The maximum Gasteiger partial charge on any atom is 0.326 e. The van der Waals surface area contributed by atoms with Crippen molar-refractivity contribution in [3.63, 3.8) is 0 Å². The zero-order valence-corrected chi connectivity index (χ0v) is 19.9. The summed E-state index contributed by atoms with van der Waals surface area (Å²) in [6.07, 6.45) is 4.00. The lowest BCUT2D eigenvalue weighted by Crippen LogP contribution is -2.57. The molecule has 8 N–H and O–H groups in total. The van der Waals surface area contributed by atoms with Gasteiger partial charge in [0.25, 0.3) is 0 Å². The number of hydrogen-bond donors (Lipinski definition) is 7. The molecule has 0 bridgehead atoms. The molecule has 0 aliphatic rings. The molecule has 2 rings (SSSR count). The van der Waals surface area contributed by atoms with E-state index in [4.69, 9.17) is 5.73 Å². The molecule has 3 amide bonds. The Morgan fingerprint density at radius 1 is 1.06 bits per heavy atom. The van der Waals surface area contributed by atoms with Gasteiger partial charge in [-0.05, 0) is 37.0 Å². The number of aliphatic carboxylic acids is 1. The van der Waals surface area contributed by atoms with Crippen LogP contribution in [0, 0.1) is 0 Å². The maximum absolute atomic E-state index is 12.6. The average molecular weight is 494 g/mol. The van der Waals surface area contributed by atoms with Gasteiger partial charge >= 0.3 is 5.97 Å². The molecule has 12 heteroatoms. The summed E-state index contributed by atoms with van der Waals surface area (Å²) < 4.78 is 0. The average Bonchev–Trinajstić information content (AvgIpc) is 3.22. The minimum atomic E-state index is -1.30. The number of nitrogens with two attached hydrogens (primary N) is 1. The van der Waals surface area contributed by atoms with Gasteiger partial charge in [-0.15, -0.1) is 0 Å². The molecule has 0 aliphatic heterocycles. The Kier molecular flexibility index (Phi) is 10.4. The first-order chi connectivity index (χ1) is 16.2. The van der Waals surface area contributed by atoms with Crippen molar-refractivity contribution < 1.29 is 29.4 Å². The van der Waals surface area contributed by atoms with E-state index in [1.807, 2.05) is 30.5 Å². The lowest BCUT2D eigenvalue weighted by atomic mass is 10.0. The van der Waals surface area contributed by atoms with Crippen LogP contribution in [0.3, 0.4) is 0 Å². The number of aliphatic hydroxyl groups is 1. The van der Waals surface area contributed by atoms with E-state index in [0.29, 0.717) is 12.2 Å². The fourth-order valence-electron chi connectivity index (χ4n) is 3.25. The highest BCUT2D eigenvalue weighted by Gasteiger charge is 2.28. The predicted molar refractivity (Wildman–Crippen MR) is 129 cm³/mol. The second kappa shape index (κ2) is 13.0. The summed E-state index contributed by atoms with van der Waals surface area (Å²) >= 11 is 1.52. The zero-order valence-electron chi connectivity index (χ0n) is 19.0. The van der Waals surface area contributed by atoms with Crippen molar-refractivity contribution in [2.45, 2.75) is 43.9 Å². The number of benzene rings is 1. The van der Waals surface area contributed by atoms with E-state index in [1.54, 1.807) is 6.20 Å². The monoisotopic (exact) mass is 493 g/mol. The Morgan fingerprint density at radius 2 is 1.74 bits per heavy atom. The van der Waals surface area contributed by atoms with E-state index in [1.165, 1.54) is 18.7 Å². The van der Waals surface area contributed by atoms with Crippen molar-refractivity contribution in [3.8, 4) is 0 Å². The van der Waals surface area contributed by atoms with Crippen molar-refractivity contribution in [2.24, 2.45) is 5.73 Å². The molecule has 1 aromatic heterocycles. The SMILES string of the molecule is CSCCC(N)C(=O)NC(CO)C(=O)NC(C)C(=O)NC(Cc1c[nH]c2ccccc12)C(=O)O. The third-order valence-electron chi connectivity index (χ3n) is 5.25. The van der Waals surface area contributed by atoms with E-state index in [-0.39, 0.29) is 6.42 Å². The third-order valence-corrected chi connectivity index (χ3v) is 5.89. The number of thioether (sulfide) groups is 1. The Labute approximate surface area is 201 Å². The van der Waals surface area contributed by atoms with Crippen molar-refractivity contribution in [2.75, 3.05) is 18.6 Å². The van der Waals surface area contributed by atoms with Gasteiger partial charge in [-0.1, -0.05) is 18.2 Å². The number of fused-ring (bicyclic) bond motifs is 1. The Hall–Kier alpha value is -3.09. The number of aromatic nitrogens is 1. The van der Waals surface area contributed by atoms with Crippen LogP contribution in [0.15, 0.2) is 30.5 Å². The van der Waals surface area contributed by atoms with Crippen LogP contribution in [0.5, 0.6) is 0 Å². The summed E-state index contributed by atoms with van der Waals surface area (Å²) in [4.78, 5) is 52.0. The number of aliphatic hydroxyl groups excluding tert-OH is 1. The lowest BCUT2D eigenvalue weighted by Gasteiger charge is -2.22. The zero-order chi connectivity index (χ0) is 25.3. The van der Waals surface area contributed by atoms with Crippen LogP contribution in [-0.2, 0) is 25.6 Å². The molecule has 11 nitrogen and oxygen atoms in total. The van der Waals surface area contributed by atoms with E-state index < -0.39 is 54.5 Å². The molecule has 0 radical (unpaired) electrons. The first kappa shape index (κ1) is 27.2. The fraction of sp³-hybridized carbons (Fsp3) is 0.455. The smallest absolute Gasteiger partial charge is 0.326 e. The molecule has 4 atom stereocenters. The maximum atomic E-state index is 12.6. The highest BCUT2D eigenvalue weighted by atomic mass is 32.2. The van der Waals surface area contributed by atoms with Gasteiger partial charge in [0.05, 0.1) is 12.6 Å². The van der Waals surface area contributed by atoms with Crippen LogP contribution in [-0.4, -0.2) is 81.7 Å². The molecule has 34 heavy (non-hydrogen) atoms. The lowest BCUT2D eigenvalue weighted by molar-refractivity contribution is -0.142. The summed E-state index contributed by atoms with van der Waals surface area (Å²) in [5, 5.41) is 27.1. The number of H-pyrrole nitrogens is 1. The van der Waals surface area contributed by atoms with Crippen molar-refractivity contribution in [3.05, 3.63) is 36.0 Å². The predicted octanol–water partition coefficient (Wildman–Crippen LogP) is -0.658. The molecular weight excluding hydrogens is 462 g/mol. The molecule has 186 valence electrons. The molecule has 0 fully saturated rings. The quantitative estimate of drug-likeness (QED) is 0.192. The van der Waals surface area contributed by atoms with Crippen LogP contribution in [0.2, 0.25) is 0 Å². The number of hydrogen-bond acceptors (Lipinski definition) is 7. The molecule has 0 aliphatic carbocycles. The van der Waals surface area contributed by atoms with Gasteiger partial charge in [0.2, 0.25) is 17.7 Å². The van der Waals surface area contributed by atoms with Gasteiger partial charge in [-0.25, -0.2) is 4.79 Å². The minimum Gasteiger partial charge on any atom is -0.480 e. The van der Waals surface area contributed by atoms with Gasteiger partial charge in [0.1, 0.15) is 18.1 Å². The fourth-order valence-corrected chi connectivity index (χ4v) is 3.74. The molecule has 0 saturated heterocycles. The van der Waals surface area contributed by atoms with Crippen molar-refractivity contribution >= 4 is 46.4 Å². The summed E-state index contributed by atoms with van der Waals surface area (Å²) in [7, 11) is 0. The number of aromatic amines is 1. The van der Waals surface area contributed by atoms with Gasteiger partial charge in [0, 0.05) is 23.5 Å². The number of nitrogens with one attached hydrogen (secondary N) is 4. The summed E-state index contributed by atoms with van der Waals surface area (Å²) in [5.74, 6) is -2.67. The second-order valence-corrected chi connectivity index (χ2v) is 8.81. The summed E-state index contributed by atoms with van der Waals surface area (Å²) in [6, 6.07) is 2.90. The number of carboxylic acid groups (broad SMARTS) is 1. The van der Waals surface area contributed by atoms with Crippen LogP contribution in [0.25, 0.3) is 10.9 Å². The van der Waals surface area contributed by atoms with Gasteiger partial charge in [-0.2, -0.15) is 11.8 Å². The van der Waals surface area contributed by atoms with Crippen LogP contribution in [0.4, 0.5) is 0 Å². The Balaban J connectivity index is 1.96. The minimum absolute atomic E-state index is 0.0367. The highest BCUT2D eigenvalue weighted by Crippen LogP contribution is 2.19. The Bertz CT molecular complexity index is 1010. The van der Waals surface area contributed by atoms with E-state index in [9.17, 15) is 29.4 Å². The number of carbonyl (C=O) groups excluding carboxylic acids is 3. The topological polar surface area (TPSA) is 187 Å². The summed E-state index contributed by atoms with van der Waals surface area (Å²) in [5.41, 5.74) is 7.34. The normalized spacial score (nSPS) is 14.6. The molecule has 1 aromatic carbocycles. The largest absolute Gasteiger partial charge is 0.480 e. The van der Waals surface area contributed by atoms with Crippen LogP contribution >= 0.6 is 11.8 Å². The van der Waals surface area contributed by atoms with Crippen molar-refractivity contribution in [1.82, 2.24) is 20.9 Å². The van der Waals surface area contributed by atoms with Gasteiger partial charge < -0.3 is 36.9 Å². The first-order valence-electron chi connectivity index (χ1n) is 10.7. The van der Waals surface area contributed by atoms with Gasteiger partial charge in [-0.3, -0.25) is 14.4 Å². The van der Waals surface area contributed by atoms with Crippen molar-refractivity contribution in [1.29, 1.82) is 0 Å². The molecule has 2 aromatic rings. The number of carbonyl (C=O) groups is 4. The third kappa shape index (κ3) is 7.47. The highest BCUT2D eigenvalue weighted by molar-refractivity contribution is 7.98. The van der Waals surface area contributed by atoms with Crippen LogP contribution < -0.4 is 21.7 Å². The molecular formula is C22H31N5O6S. The number of amides is 3. The standard InChI is InChI=1S/C22H31N5O6S/c1-12(25-21(31)18(11-28)27-20(30)15(23)7-8-34-2)19(29)26-17(22(32)33)9-13-10-24-16-6-4-3-5-14(13)16/h3-6,10,12,15,17-18,24,28H,7-9,11,23H2,1-2H3,(H,25,31)(H,26,29)(H,27,30)(H,32,33). The van der Waals surface area contributed by atoms with E-state index in [2.05, 4.69) is 20.9 Å². The number of carboxylic acids is 1. The summed E-state index contributed by atoms with van der Waals surface area (Å²) in [6.45, 7) is 0.678. The molecule has 1 heterocycles.